The number of carbonyl (C=O) groups excluding carboxylic acids is 1. The second-order valence-electron chi connectivity index (χ2n) is 5.05. The van der Waals surface area contributed by atoms with Crippen molar-refractivity contribution in [1.82, 2.24) is 19.7 Å². The average molecular weight is 331 g/mol. The van der Waals surface area contributed by atoms with Crippen molar-refractivity contribution in [2.45, 2.75) is 26.7 Å². The fraction of sp³-hybridized carbons (Fsp3) is 0.267. The quantitative estimate of drug-likeness (QED) is 0.671. The predicted octanol–water partition coefficient (Wildman–Crippen LogP) is 0.796. The lowest BCUT2D eigenvalue weighted by molar-refractivity contribution is -0.131. The first-order valence-corrected chi connectivity index (χ1v) is 7.28. The normalized spacial score (nSPS) is 10.9. The number of hydrogen-bond acceptors (Lipinski definition) is 5. The zero-order valence-electron chi connectivity index (χ0n) is 13.2. The Bertz CT molecular complexity index is 850. The number of H-pyrrole nitrogens is 1. The second-order valence-corrected chi connectivity index (χ2v) is 5.05. The van der Waals surface area contributed by atoms with Crippen LogP contribution in [0.1, 0.15) is 24.7 Å². The van der Waals surface area contributed by atoms with Crippen LogP contribution in [0.2, 0.25) is 0 Å². The van der Waals surface area contributed by atoms with E-state index in [1.807, 2.05) is 6.92 Å². The van der Waals surface area contributed by atoms with Gasteiger partial charge in [0.05, 0.1) is 5.69 Å². The van der Waals surface area contributed by atoms with Gasteiger partial charge in [-0.2, -0.15) is 9.78 Å². The highest BCUT2D eigenvalue weighted by Gasteiger charge is 2.12. The van der Waals surface area contributed by atoms with E-state index < -0.39 is 11.9 Å². The number of rotatable bonds is 6. The second kappa shape index (κ2) is 7.36. The number of aromatic amines is 1. The third-order valence-electron chi connectivity index (χ3n) is 2.95. The molecule has 9 nitrogen and oxygen atoms in total. The van der Waals surface area contributed by atoms with Gasteiger partial charge in [-0.15, -0.1) is 0 Å². The van der Waals surface area contributed by atoms with Gasteiger partial charge in [0.25, 0.3) is 5.56 Å². The van der Waals surface area contributed by atoms with Crippen LogP contribution in [0.5, 0.6) is 0 Å². The van der Waals surface area contributed by atoms with Gasteiger partial charge in [-0.05, 0) is 13.3 Å². The molecule has 0 aliphatic heterocycles. The largest absolute Gasteiger partial charge is 0.478 e. The van der Waals surface area contributed by atoms with Crippen molar-refractivity contribution in [3.05, 3.63) is 46.0 Å². The first-order valence-electron chi connectivity index (χ1n) is 7.28. The minimum Gasteiger partial charge on any atom is -0.478 e. The Morgan fingerprint density at radius 1 is 1.38 bits per heavy atom. The summed E-state index contributed by atoms with van der Waals surface area (Å²) in [5.41, 5.74) is 0.892. The summed E-state index contributed by atoms with van der Waals surface area (Å²) in [5.74, 6) is -1.42. The van der Waals surface area contributed by atoms with E-state index in [1.165, 1.54) is 10.7 Å². The van der Waals surface area contributed by atoms with Crippen LogP contribution in [-0.4, -0.2) is 36.7 Å². The van der Waals surface area contributed by atoms with E-state index in [1.54, 1.807) is 13.0 Å². The van der Waals surface area contributed by atoms with Gasteiger partial charge in [-0.3, -0.25) is 14.6 Å². The van der Waals surface area contributed by atoms with Gasteiger partial charge in [0.15, 0.2) is 0 Å². The predicted molar refractivity (Wildman–Crippen MR) is 86.1 cm³/mol. The molecule has 0 unspecified atom stereocenters. The molecular formula is C15H17N5O4. The smallest absolute Gasteiger partial charge is 0.328 e. The maximum atomic E-state index is 11.8. The standard InChI is InChI=1S/C15H17N5O4/c1-3-4-10-8-13(22)18-15(16-10)20-11(7-9(2)19-20)17-12(21)5-6-14(23)24/h5-8H,3-4H2,1-2H3,(H,17,21)(H,23,24)(H,16,18,22)/b6-5+. The SMILES string of the molecule is CCCc1cc(=O)[nH]c(-n2nc(C)cc2NC(=O)/C=C/C(=O)O)n1. The number of carboxylic acid groups (broad SMARTS) is 1. The number of aryl methyl sites for hydroxylation is 2. The molecule has 2 aromatic rings. The van der Waals surface area contributed by atoms with Crippen LogP contribution in [0.3, 0.4) is 0 Å². The van der Waals surface area contributed by atoms with E-state index in [0.29, 0.717) is 17.8 Å². The molecule has 0 saturated carbocycles. The van der Waals surface area contributed by atoms with Crippen molar-refractivity contribution in [3.63, 3.8) is 0 Å². The topological polar surface area (TPSA) is 130 Å². The van der Waals surface area contributed by atoms with Gasteiger partial charge in [-0.1, -0.05) is 13.3 Å². The van der Waals surface area contributed by atoms with Crippen LogP contribution in [0, 0.1) is 6.92 Å². The van der Waals surface area contributed by atoms with E-state index in [4.69, 9.17) is 5.11 Å². The molecule has 2 aromatic heterocycles. The number of nitrogens with one attached hydrogen (secondary N) is 2. The Morgan fingerprint density at radius 3 is 2.79 bits per heavy atom. The molecule has 1 amide bonds. The number of anilines is 1. The van der Waals surface area contributed by atoms with Gasteiger partial charge < -0.3 is 10.4 Å². The number of aromatic nitrogens is 4. The fourth-order valence-electron chi connectivity index (χ4n) is 2.04. The van der Waals surface area contributed by atoms with E-state index in [-0.39, 0.29) is 17.3 Å². The Labute approximate surface area is 137 Å². The molecule has 3 N–H and O–H groups in total. The third-order valence-corrected chi connectivity index (χ3v) is 2.95. The highest BCUT2D eigenvalue weighted by Crippen LogP contribution is 2.14. The first-order chi connectivity index (χ1) is 11.4. The molecule has 2 heterocycles. The monoisotopic (exact) mass is 331 g/mol. The van der Waals surface area contributed by atoms with Crippen molar-refractivity contribution >= 4 is 17.7 Å². The van der Waals surface area contributed by atoms with Gasteiger partial charge in [0, 0.05) is 30.0 Å². The Kier molecular flexibility index (Phi) is 5.25. The zero-order chi connectivity index (χ0) is 17.7. The van der Waals surface area contributed by atoms with E-state index in [2.05, 4.69) is 20.4 Å². The van der Waals surface area contributed by atoms with Gasteiger partial charge in [0.2, 0.25) is 11.9 Å². The van der Waals surface area contributed by atoms with Crippen LogP contribution in [0.4, 0.5) is 5.82 Å². The summed E-state index contributed by atoms with van der Waals surface area (Å²) in [7, 11) is 0. The van der Waals surface area contributed by atoms with Gasteiger partial charge in [-0.25, -0.2) is 9.78 Å². The number of aliphatic carboxylic acids is 1. The molecule has 2 rings (SSSR count). The van der Waals surface area contributed by atoms with Crippen LogP contribution in [-0.2, 0) is 16.0 Å². The Morgan fingerprint density at radius 2 is 2.12 bits per heavy atom. The number of carboxylic acids is 1. The maximum absolute atomic E-state index is 11.8. The highest BCUT2D eigenvalue weighted by molar-refractivity contribution is 6.01. The molecule has 0 fully saturated rings. The van der Waals surface area contributed by atoms with Crippen molar-refractivity contribution < 1.29 is 14.7 Å². The molecular weight excluding hydrogens is 314 g/mol. The molecule has 0 aromatic carbocycles. The molecule has 0 radical (unpaired) electrons. The fourth-order valence-corrected chi connectivity index (χ4v) is 2.04. The van der Waals surface area contributed by atoms with Crippen molar-refractivity contribution in [2.75, 3.05) is 5.32 Å². The summed E-state index contributed by atoms with van der Waals surface area (Å²) in [5, 5.41) is 15.2. The lowest BCUT2D eigenvalue weighted by Crippen LogP contribution is -2.18. The molecule has 9 heteroatoms. The molecule has 126 valence electrons. The number of nitrogens with zero attached hydrogens (tertiary/aromatic N) is 3. The highest BCUT2D eigenvalue weighted by atomic mass is 16.4. The van der Waals surface area contributed by atoms with Crippen molar-refractivity contribution in [2.24, 2.45) is 0 Å². The summed E-state index contributed by atoms with van der Waals surface area (Å²) in [4.78, 5) is 40.9. The van der Waals surface area contributed by atoms with E-state index >= 15 is 0 Å². The molecule has 0 bridgehead atoms. The minimum atomic E-state index is -1.23. The average Bonchev–Trinajstić information content (AvgIpc) is 2.85. The lowest BCUT2D eigenvalue weighted by atomic mass is 10.2. The van der Waals surface area contributed by atoms with Crippen LogP contribution >= 0.6 is 0 Å². The number of amides is 1. The molecule has 0 aliphatic rings. The number of hydrogen-bond donors (Lipinski definition) is 3. The van der Waals surface area contributed by atoms with E-state index in [9.17, 15) is 14.4 Å². The Hall–Kier alpha value is -3.23. The first kappa shape index (κ1) is 17.1. The lowest BCUT2D eigenvalue weighted by Gasteiger charge is -2.07. The molecule has 0 aliphatic carbocycles. The molecule has 0 spiro atoms. The summed E-state index contributed by atoms with van der Waals surface area (Å²) in [6.45, 7) is 3.69. The molecule has 24 heavy (non-hydrogen) atoms. The zero-order valence-corrected chi connectivity index (χ0v) is 13.2. The summed E-state index contributed by atoms with van der Waals surface area (Å²) < 4.78 is 1.29. The van der Waals surface area contributed by atoms with Crippen molar-refractivity contribution in [3.8, 4) is 5.95 Å². The summed E-state index contributed by atoms with van der Waals surface area (Å²) >= 11 is 0. The summed E-state index contributed by atoms with van der Waals surface area (Å²) in [6, 6.07) is 3.00. The third kappa shape index (κ3) is 4.38. The maximum Gasteiger partial charge on any atom is 0.328 e. The molecule has 0 saturated heterocycles. The van der Waals surface area contributed by atoms with Crippen LogP contribution < -0.4 is 10.9 Å². The van der Waals surface area contributed by atoms with Gasteiger partial charge in [0.1, 0.15) is 5.82 Å². The Balaban J connectivity index is 2.37. The van der Waals surface area contributed by atoms with Crippen LogP contribution in [0.25, 0.3) is 5.95 Å². The van der Waals surface area contributed by atoms with Gasteiger partial charge >= 0.3 is 5.97 Å². The molecule has 0 atom stereocenters. The van der Waals surface area contributed by atoms with Crippen molar-refractivity contribution in [1.29, 1.82) is 0 Å². The van der Waals surface area contributed by atoms with Crippen LogP contribution in [0.15, 0.2) is 29.1 Å². The minimum absolute atomic E-state index is 0.177. The summed E-state index contributed by atoms with van der Waals surface area (Å²) in [6.07, 6.45) is 3.08. The van der Waals surface area contributed by atoms with E-state index in [0.717, 1.165) is 18.6 Å². The number of carbonyl (C=O) groups is 2.